The zero-order valence-corrected chi connectivity index (χ0v) is 20.7. The van der Waals surface area contributed by atoms with Crippen molar-refractivity contribution >= 4 is 75.9 Å². The molecule has 2 aromatic carbocycles. The zero-order chi connectivity index (χ0) is 23.0. The molecule has 9 heteroatoms. The maximum Gasteiger partial charge on any atom is 0.255 e. The van der Waals surface area contributed by atoms with Gasteiger partial charge in [0.1, 0.15) is 10.6 Å². The highest BCUT2D eigenvalue weighted by molar-refractivity contribution is 6.54. The molecule has 1 aliphatic rings. The molecule has 2 aromatic rings. The third-order valence-corrected chi connectivity index (χ3v) is 7.44. The number of amides is 1. The third-order valence-electron chi connectivity index (χ3n) is 5.53. The van der Waals surface area contributed by atoms with Gasteiger partial charge in [0.15, 0.2) is 0 Å². The topological polar surface area (TPSA) is 49.4 Å². The summed E-state index contributed by atoms with van der Waals surface area (Å²) in [6.45, 7) is 2.76. The van der Waals surface area contributed by atoms with E-state index in [1.807, 2.05) is 6.92 Å². The Morgan fingerprint density at radius 2 is 1.77 bits per heavy atom. The summed E-state index contributed by atoms with van der Waals surface area (Å²) in [6, 6.07) is 10.0. The second-order valence-electron chi connectivity index (χ2n) is 7.69. The summed E-state index contributed by atoms with van der Waals surface area (Å²) in [5.41, 5.74) is 0.592. The lowest BCUT2D eigenvalue weighted by atomic mass is 10.00. The summed E-state index contributed by atoms with van der Waals surface area (Å²) in [7, 11) is 1.73. The molecule has 1 N–H and O–H groups in total. The number of anilines is 1. The Bertz CT molecular complexity index is 993. The van der Waals surface area contributed by atoms with Crippen molar-refractivity contribution in [2.24, 2.45) is 5.41 Å². The summed E-state index contributed by atoms with van der Waals surface area (Å²) in [6.07, 6.45) is 1.60. The summed E-state index contributed by atoms with van der Waals surface area (Å²) < 4.78 is -1.33. The SMILES string of the molecule is CCCN(C)C(=O)c1cc(NCC2(C=O)C(c3cc(Cl)cc(Cl)c3)C2(Cl)Cl)ccc1Cl. The fourth-order valence-corrected chi connectivity index (χ4v) is 5.54. The smallest absolute Gasteiger partial charge is 0.255 e. The fourth-order valence-electron chi connectivity index (χ4n) is 3.82. The lowest BCUT2D eigenvalue weighted by Crippen LogP contribution is -2.28. The highest BCUT2D eigenvalue weighted by atomic mass is 35.5. The van der Waals surface area contributed by atoms with Crippen LogP contribution in [0, 0.1) is 5.41 Å². The first-order valence-corrected chi connectivity index (χ1v) is 11.6. The van der Waals surface area contributed by atoms with Crippen LogP contribution in [0.3, 0.4) is 0 Å². The van der Waals surface area contributed by atoms with Crippen LogP contribution in [0.4, 0.5) is 5.69 Å². The molecular weight excluding hydrogens is 502 g/mol. The average molecular weight is 523 g/mol. The van der Waals surface area contributed by atoms with Gasteiger partial charge in [-0.15, -0.1) is 0 Å². The van der Waals surface area contributed by atoms with Crippen LogP contribution in [0.1, 0.15) is 35.2 Å². The number of alkyl halides is 2. The summed E-state index contributed by atoms with van der Waals surface area (Å²) in [5.74, 6) is -0.670. The largest absolute Gasteiger partial charge is 0.384 e. The van der Waals surface area contributed by atoms with Crippen LogP contribution >= 0.6 is 58.0 Å². The van der Waals surface area contributed by atoms with Crippen molar-refractivity contribution in [1.82, 2.24) is 4.90 Å². The number of benzene rings is 2. The lowest BCUT2D eigenvalue weighted by molar-refractivity contribution is -0.112. The number of nitrogens with one attached hydrogen (secondary N) is 1. The number of halogens is 5. The van der Waals surface area contributed by atoms with E-state index in [1.54, 1.807) is 48.3 Å². The quantitative estimate of drug-likeness (QED) is 0.310. The Labute approximate surface area is 206 Å². The van der Waals surface area contributed by atoms with Crippen molar-refractivity contribution in [3.63, 3.8) is 0 Å². The number of carbonyl (C=O) groups excluding carboxylic acids is 2. The van der Waals surface area contributed by atoms with Crippen molar-refractivity contribution in [1.29, 1.82) is 0 Å². The van der Waals surface area contributed by atoms with E-state index in [0.29, 0.717) is 38.4 Å². The van der Waals surface area contributed by atoms with E-state index in [4.69, 9.17) is 58.0 Å². The standard InChI is InChI=1S/C22H21Cl5N2O2/c1-3-6-29(2)20(31)17-10-16(4-5-18(17)25)28-11-21(12-30)19(22(21,26)27)13-7-14(23)9-15(24)8-13/h4-5,7-10,12,19,28H,3,6,11H2,1-2H3. The van der Waals surface area contributed by atoms with Gasteiger partial charge in [-0.1, -0.05) is 64.9 Å². The average Bonchev–Trinajstić information content (AvgIpc) is 3.21. The molecule has 4 nitrogen and oxygen atoms in total. The number of hydrogen-bond donors (Lipinski definition) is 1. The van der Waals surface area contributed by atoms with E-state index in [1.165, 1.54) is 0 Å². The van der Waals surface area contributed by atoms with E-state index in [9.17, 15) is 9.59 Å². The molecule has 1 amide bonds. The van der Waals surface area contributed by atoms with Gasteiger partial charge in [-0.25, -0.2) is 0 Å². The van der Waals surface area contributed by atoms with Crippen LogP contribution < -0.4 is 5.32 Å². The molecule has 166 valence electrons. The summed E-state index contributed by atoms with van der Waals surface area (Å²) in [5, 5.41) is 4.40. The first-order chi connectivity index (χ1) is 14.6. The van der Waals surface area contributed by atoms with Gasteiger partial charge >= 0.3 is 0 Å². The number of aldehydes is 1. The van der Waals surface area contributed by atoms with Crippen LogP contribution in [0.15, 0.2) is 36.4 Å². The second-order valence-corrected chi connectivity index (χ2v) is 10.4. The van der Waals surface area contributed by atoms with Gasteiger partial charge in [0.2, 0.25) is 0 Å². The molecule has 1 fully saturated rings. The molecule has 2 atom stereocenters. The first-order valence-electron chi connectivity index (χ1n) is 9.66. The number of hydrogen-bond acceptors (Lipinski definition) is 3. The second kappa shape index (κ2) is 9.36. The Hall–Kier alpha value is -1.17. The molecule has 3 rings (SSSR count). The predicted octanol–water partition coefficient (Wildman–Crippen LogP) is 6.70. The van der Waals surface area contributed by atoms with Gasteiger partial charge in [0.05, 0.1) is 16.0 Å². The monoisotopic (exact) mass is 520 g/mol. The molecule has 0 saturated heterocycles. The third kappa shape index (κ3) is 4.65. The van der Waals surface area contributed by atoms with Crippen molar-refractivity contribution < 1.29 is 9.59 Å². The molecular formula is C22H21Cl5N2O2. The zero-order valence-electron chi connectivity index (χ0n) is 16.9. The van der Waals surface area contributed by atoms with Crippen LogP contribution in [0.2, 0.25) is 15.1 Å². The van der Waals surface area contributed by atoms with Crippen molar-refractivity contribution in [2.45, 2.75) is 23.6 Å². The van der Waals surface area contributed by atoms with Gasteiger partial charge in [0.25, 0.3) is 5.91 Å². The van der Waals surface area contributed by atoms with Gasteiger partial charge in [-0.3, -0.25) is 4.79 Å². The van der Waals surface area contributed by atoms with Crippen LogP contribution in [-0.4, -0.2) is 41.6 Å². The van der Waals surface area contributed by atoms with Gasteiger partial charge in [0, 0.05) is 41.8 Å². The summed E-state index contributed by atoms with van der Waals surface area (Å²) in [4.78, 5) is 26.4. The maximum atomic E-state index is 12.7. The molecule has 1 aliphatic carbocycles. The molecule has 0 aliphatic heterocycles. The van der Waals surface area contributed by atoms with Crippen molar-refractivity contribution in [3.05, 3.63) is 62.6 Å². The predicted molar refractivity (Wildman–Crippen MR) is 129 cm³/mol. The maximum absolute atomic E-state index is 12.7. The van der Waals surface area contributed by atoms with Crippen molar-refractivity contribution in [3.8, 4) is 0 Å². The Morgan fingerprint density at radius 1 is 1.13 bits per heavy atom. The minimum absolute atomic E-state index is 0.151. The van der Waals surface area contributed by atoms with Crippen LogP contribution in [-0.2, 0) is 4.79 Å². The van der Waals surface area contributed by atoms with E-state index < -0.39 is 15.7 Å². The normalized spacial score (nSPS) is 21.5. The number of rotatable bonds is 8. The van der Waals surface area contributed by atoms with Gasteiger partial charge in [-0.05, 0) is 48.4 Å². The van der Waals surface area contributed by atoms with Gasteiger partial charge < -0.3 is 15.0 Å². The lowest BCUT2D eigenvalue weighted by Gasteiger charge is -2.18. The highest BCUT2D eigenvalue weighted by Crippen LogP contribution is 2.73. The molecule has 0 heterocycles. The minimum atomic E-state index is -1.33. The minimum Gasteiger partial charge on any atom is -0.384 e. The Morgan fingerprint density at radius 3 is 2.35 bits per heavy atom. The Kier molecular flexibility index (Phi) is 7.39. The Balaban J connectivity index is 1.83. The van der Waals surface area contributed by atoms with E-state index in [-0.39, 0.29) is 12.5 Å². The van der Waals surface area contributed by atoms with E-state index in [2.05, 4.69) is 5.32 Å². The number of carbonyl (C=O) groups is 2. The van der Waals surface area contributed by atoms with Gasteiger partial charge in [-0.2, -0.15) is 0 Å². The molecule has 0 bridgehead atoms. The fraction of sp³-hybridized carbons (Fsp3) is 0.364. The van der Waals surface area contributed by atoms with Crippen LogP contribution in [0.5, 0.6) is 0 Å². The first kappa shape index (κ1) is 24.5. The van der Waals surface area contributed by atoms with Crippen molar-refractivity contribution in [2.75, 3.05) is 25.5 Å². The highest BCUT2D eigenvalue weighted by Gasteiger charge is 2.76. The van der Waals surface area contributed by atoms with Crippen LogP contribution in [0.25, 0.3) is 0 Å². The van der Waals surface area contributed by atoms with E-state index >= 15 is 0 Å². The molecule has 0 aromatic heterocycles. The van der Waals surface area contributed by atoms with E-state index in [0.717, 1.165) is 12.7 Å². The molecule has 0 spiro atoms. The molecule has 1 saturated carbocycles. The molecule has 31 heavy (non-hydrogen) atoms. The molecule has 2 unspecified atom stereocenters. The molecule has 0 radical (unpaired) electrons. The summed E-state index contributed by atoms with van der Waals surface area (Å²) >= 11 is 31.6. The number of nitrogens with zero attached hydrogens (tertiary/aromatic N) is 1.